The monoisotopic (exact) mass is 313 g/mol. The summed E-state index contributed by atoms with van der Waals surface area (Å²) >= 11 is 0. The van der Waals surface area contributed by atoms with Crippen molar-refractivity contribution in [1.29, 1.82) is 0 Å². The zero-order valence-electron chi connectivity index (χ0n) is 13.7. The quantitative estimate of drug-likeness (QED) is 0.941. The van der Waals surface area contributed by atoms with E-state index in [0.717, 1.165) is 37.2 Å². The van der Waals surface area contributed by atoms with E-state index in [-0.39, 0.29) is 5.91 Å². The number of nitrogens with one attached hydrogen (secondary N) is 1. The summed E-state index contributed by atoms with van der Waals surface area (Å²) in [6.07, 6.45) is 4.32. The van der Waals surface area contributed by atoms with Gasteiger partial charge >= 0.3 is 0 Å². The molecule has 1 heterocycles. The summed E-state index contributed by atoms with van der Waals surface area (Å²) in [4.78, 5) is 12.1. The molecule has 1 N–H and O–H groups in total. The Morgan fingerprint density at radius 2 is 2.00 bits per heavy atom. The summed E-state index contributed by atoms with van der Waals surface area (Å²) < 4.78 is 1.76. The van der Waals surface area contributed by atoms with Gasteiger partial charge in [-0.05, 0) is 54.2 Å². The van der Waals surface area contributed by atoms with Crippen LogP contribution in [-0.2, 0) is 10.3 Å². The van der Waals surface area contributed by atoms with Gasteiger partial charge < -0.3 is 5.32 Å². The van der Waals surface area contributed by atoms with Gasteiger partial charge in [0.2, 0.25) is 5.91 Å². The van der Waals surface area contributed by atoms with Gasteiger partial charge in [0, 0.05) is 6.42 Å². The van der Waals surface area contributed by atoms with Crippen molar-refractivity contribution >= 4 is 5.91 Å². The second kappa shape index (κ2) is 6.48. The lowest BCUT2D eigenvalue weighted by Gasteiger charge is -2.38. The van der Waals surface area contributed by atoms with E-state index in [0.29, 0.717) is 12.3 Å². The van der Waals surface area contributed by atoms with Crippen molar-refractivity contribution in [1.82, 2.24) is 25.5 Å². The standard InChI is InChI=1S/C17H23N5O/c1-3-15(23)18-17(11-9-13(2)10-12-17)16-19-20-21-22(16)14-7-5-4-6-8-14/h4-8,13H,3,9-12H2,1-2H3,(H,18,23). The molecule has 1 aliphatic rings. The molecule has 6 nitrogen and oxygen atoms in total. The topological polar surface area (TPSA) is 72.7 Å². The molecule has 1 aromatic heterocycles. The molecule has 0 aliphatic heterocycles. The number of hydrogen-bond acceptors (Lipinski definition) is 4. The molecule has 3 rings (SSSR count). The third-order valence-electron chi connectivity index (χ3n) is 4.73. The van der Waals surface area contributed by atoms with E-state index in [2.05, 4.69) is 27.8 Å². The van der Waals surface area contributed by atoms with E-state index in [1.807, 2.05) is 37.3 Å². The van der Waals surface area contributed by atoms with E-state index in [1.165, 1.54) is 0 Å². The summed E-state index contributed by atoms with van der Waals surface area (Å²) in [6, 6.07) is 9.83. The number of tetrazole rings is 1. The Kier molecular flexibility index (Phi) is 4.41. The number of amides is 1. The van der Waals surface area contributed by atoms with Gasteiger partial charge in [-0.2, -0.15) is 4.68 Å². The van der Waals surface area contributed by atoms with E-state index < -0.39 is 5.54 Å². The summed E-state index contributed by atoms with van der Waals surface area (Å²) in [6.45, 7) is 4.13. The molecule has 0 saturated heterocycles. The highest BCUT2D eigenvalue weighted by molar-refractivity contribution is 5.76. The second-order valence-electron chi connectivity index (χ2n) is 6.42. The number of rotatable bonds is 4. The highest BCUT2D eigenvalue weighted by atomic mass is 16.1. The van der Waals surface area contributed by atoms with Crippen molar-refractivity contribution in [3.05, 3.63) is 36.2 Å². The highest BCUT2D eigenvalue weighted by Crippen LogP contribution is 2.39. The van der Waals surface area contributed by atoms with Gasteiger partial charge in [-0.1, -0.05) is 32.0 Å². The molecular formula is C17H23N5O. The molecule has 0 atom stereocenters. The van der Waals surface area contributed by atoms with Gasteiger partial charge in [0.15, 0.2) is 5.82 Å². The van der Waals surface area contributed by atoms with Crippen LogP contribution in [0.15, 0.2) is 30.3 Å². The maximum Gasteiger partial charge on any atom is 0.220 e. The highest BCUT2D eigenvalue weighted by Gasteiger charge is 2.41. The van der Waals surface area contributed by atoms with Crippen LogP contribution in [0.2, 0.25) is 0 Å². The Labute approximate surface area is 136 Å². The Bertz CT molecular complexity index is 659. The predicted molar refractivity (Wildman–Crippen MR) is 86.9 cm³/mol. The summed E-state index contributed by atoms with van der Waals surface area (Å²) in [5.74, 6) is 1.45. The van der Waals surface area contributed by atoms with Crippen LogP contribution in [0, 0.1) is 5.92 Å². The molecule has 0 spiro atoms. The Balaban J connectivity index is 2.01. The molecule has 6 heteroatoms. The molecule has 1 fully saturated rings. The van der Waals surface area contributed by atoms with Gasteiger partial charge in [0.1, 0.15) is 5.54 Å². The molecule has 0 bridgehead atoms. The fourth-order valence-corrected chi connectivity index (χ4v) is 3.24. The number of aromatic nitrogens is 4. The number of hydrogen-bond donors (Lipinski definition) is 1. The first-order chi connectivity index (χ1) is 11.1. The van der Waals surface area contributed by atoms with Crippen LogP contribution in [0.3, 0.4) is 0 Å². The van der Waals surface area contributed by atoms with Crippen molar-refractivity contribution in [2.45, 2.75) is 51.5 Å². The smallest absolute Gasteiger partial charge is 0.220 e. The predicted octanol–water partition coefficient (Wildman–Crippen LogP) is 2.59. The zero-order valence-corrected chi connectivity index (χ0v) is 13.7. The summed E-state index contributed by atoms with van der Waals surface area (Å²) in [7, 11) is 0. The first kappa shape index (κ1) is 15.6. The number of carbonyl (C=O) groups excluding carboxylic acids is 1. The van der Waals surface area contributed by atoms with Crippen LogP contribution in [0.1, 0.15) is 51.8 Å². The minimum Gasteiger partial charge on any atom is -0.343 e. The summed E-state index contributed by atoms with van der Waals surface area (Å²) in [5, 5.41) is 15.5. The first-order valence-electron chi connectivity index (χ1n) is 8.30. The third-order valence-corrected chi connectivity index (χ3v) is 4.73. The van der Waals surface area contributed by atoms with Gasteiger partial charge in [-0.15, -0.1) is 5.10 Å². The molecule has 1 amide bonds. The number of nitrogens with zero attached hydrogens (tertiary/aromatic N) is 4. The average molecular weight is 313 g/mol. The van der Waals surface area contributed by atoms with Gasteiger partial charge in [0.25, 0.3) is 0 Å². The largest absolute Gasteiger partial charge is 0.343 e. The van der Waals surface area contributed by atoms with Gasteiger partial charge in [-0.25, -0.2) is 0 Å². The lowest BCUT2D eigenvalue weighted by atomic mass is 9.76. The van der Waals surface area contributed by atoms with Gasteiger partial charge in [-0.3, -0.25) is 4.79 Å². The molecule has 1 aromatic carbocycles. The number of benzene rings is 1. The molecule has 122 valence electrons. The fraction of sp³-hybridized carbons (Fsp3) is 0.529. The Morgan fingerprint density at radius 3 is 2.65 bits per heavy atom. The van der Waals surface area contributed by atoms with Gasteiger partial charge in [0.05, 0.1) is 5.69 Å². The van der Waals surface area contributed by atoms with Crippen molar-refractivity contribution in [3.63, 3.8) is 0 Å². The molecule has 2 aromatic rings. The van der Waals surface area contributed by atoms with E-state index in [9.17, 15) is 4.79 Å². The molecule has 23 heavy (non-hydrogen) atoms. The van der Waals surface area contributed by atoms with Crippen molar-refractivity contribution in [2.75, 3.05) is 0 Å². The third kappa shape index (κ3) is 3.11. The van der Waals surface area contributed by atoms with E-state index in [1.54, 1.807) is 4.68 Å². The lowest BCUT2D eigenvalue weighted by Crippen LogP contribution is -2.49. The van der Waals surface area contributed by atoms with Crippen LogP contribution in [0.5, 0.6) is 0 Å². The Morgan fingerprint density at radius 1 is 1.30 bits per heavy atom. The molecule has 1 aliphatic carbocycles. The van der Waals surface area contributed by atoms with Crippen molar-refractivity contribution in [2.24, 2.45) is 5.92 Å². The SMILES string of the molecule is CCC(=O)NC1(c2nnnn2-c2ccccc2)CCC(C)CC1. The fourth-order valence-electron chi connectivity index (χ4n) is 3.24. The van der Waals surface area contributed by atoms with Crippen LogP contribution in [0.25, 0.3) is 5.69 Å². The number of para-hydroxylation sites is 1. The van der Waals surface area contributed by atoms with Crippen molar-refractivity contribution in [3.8, 4) is 5.69 Å². The minimum atomic E-state index is -0.473. The minimum absolute atomic E-state index is 0.0437. The average Bonchev–Trinajstić information content (AvgIpc) is 3.08. The first-order valence-corrected chi connectivity index (χ1v) is 8.30. The lowest BCUT2D eigenvalue weighted by molar-refractivity contribution is -0.123. The normalized spacial score (nSPS) is 24.3. The molecule has 0 unspecified atom stereocenters. The second-order valence-corrected chi connectivity index (χ2v) is 6.42. The maximum atomic E-state index is 12.1. The zero-order chi connectivity index (χ0) is 16.3. The molecule has 1 saturated carbocycles. The Hall–Kier alpha value is -2.24. The molecular weight excluding hydrogens is 290 g/mol. The van der Waals surface area contributed by atoms with Crippen LogP contribution in [0.4, 0.5) is 0 Å². The van der Waals surface area contributed by atoms with Crippen LogP contribution < -0.4 is 5.32 Å². The van der Waals surface area contributed by atoms with E-state index >= 15 is 0 Å². The van der Waals surface area contributed by atoms with Crippen molar-refractivity contribution < 1.29 is 4.79 Å². The molecule has 0 radical (unpaired) electrons. The van der Waals surface area contributed by atoms with E-state index in [4.69, 9.17) is 0 Å². The maximum absolute atomic E-state index is 12.1. The number of carbonyl (C=O) groups is 1. The summed E-state index contributed by atoms with van der Waals surface area (Å²) in [5.41, 5.74) is 0.440. The van der Waals surface area contributed by atoms with Crippen LogP contribution in [-0.4, -0.2) is 26.1 Å². The van der Waals surface area contributed by atoms with Crippen LogP contribution >= 0.6 is 0 Å².